The van der Waals surface area contributed by atoms with Gasteiger partial charge in [-0.25, -0.2) is 12.8 Å². The number of nitrogens with one attached hydrogen (secondary N) is 2. The topological polar surface area (TPSA) is 92.7 Å². The van der Waals surface area contributed by atoms with Gasteiger partial charge in [0, 0.05) is 6.20 Å². The van der Waals surface area contributed by atoms with Crippen molar-refractivity contribution in [2.24, 2.45) is 0 Å². The highest BCUT2D eigenvalue weighted by atomic mass is 32.2. The number of benzene rings is 1. The van der Waals surface area contributed by atoms with Crippen LogP contribution in [0.25, 0.3) is 0 Å². The molecule has 0 saturated carbocycles. The van der Waals surface area contributed by atoms with Gasteiger partial charge in [-0.2, -0.15) is 10.2 Å². The van der Waals surface area contributed by atoms with Gasteiger partial charge >= 0.3 is 0 Å². The standard InChI is InChI=1S/C15H16FN5O2S/c1-10-15(11(2)19-18-10)24(22,23)20-14-7-17-21(9-14)8-12-4-3-5-13(16)6-12/h3-7,9,20H,8H2,1-2H3,(H,18,19). The molecule has 0 amide bonds. The molecule has 1 aromatic carbocycles. The average molecular weight is 349 g/mol. The van der Waals surface area contributed by atoms with Crippen molar-refractivity contribution >= 4 is 15.7 Å². The lowest BCUT2D eigenvalue weighted by atomic mass is 10.2. The van der Waals surface area contributed by atoms with Crippen LogP contribution in [0.15, 0.2) is 41.6 Å². The summed E-state index contributed by atoms with van der Waals surface area (Å²) in [6.45, 7) is 3.59. The van der Waals surface area contributed by atoms with Crippen molar-refractivity contribution < 1.29 is 12.8 Å². The Labute approximate surface area is 138 Å². The fraction of sp³-hybridized carbons (Fsp3) is 0.200. The number of aromatic amines is 1. The smallest absolute Gasteiger partial charge is 0.265 e. The number of sulfonamides is 1. The normalized spacial score (nSPS) is 11.6. The lowest BCUT2D eigenvalue weighted by molar-refractivity contribution is 0.600. The van der Waals surface area contributed by atoms with Crippen molar-refractivity contribution in [1.82, 2.24) is 20.0 Å². The third-order valence-electron chi connectivity index (χ3n) is 3.45. The van der Waals surface area contributed by atoms with Gasteiger partial charge in [-0.1, -0.05) is 12.1 Å². The molecule has 0 atom stereocenters. The minimum absolute atomic E-state index is 0.125. The molecule has 0 aliphatic rings. The molecule has 0 saturated heterocycles. The molecule has 2 heterocycles. The molecule has 0 aliphatic heterocycles. The molecule has 3 aromatic rings. The number of nitrogens with zero attached hydrogens (tertiary/aromatic N) is 3. The summed E-state index contributed by atoms with van der Waals surface area (Å²) in [5.41, 5.74) is 1.92. The summed E-state index contributed by atoms with van der Waals surface area (Å²) in [6.07, 6.45) is 2.95. The van der Waals surface area contributed by atoms with E-state index in [0.29, 0.717) is 23.6 Å². The quantitative estimate of drug-likeness (QED) is 0.739. The van der Waals surface area contributed by atoms with E-state index in [1.165, 1.54) is 23.0 Å². The Bertz CT molecular complexity index is 958. The van der Waals surface area contributed by atoms with Crippen LogP contribution < -0.4 is 4.72 Å². The Balaban J connectivity index is 1.79. The van der Waals surface area contributed by atoms with Crippen LogP contribution in [0.5, 0.6) is 0 Å². The number of rotatable bonds is 5. The molecule has 9 heteroatoms. The number of hydrogen-bond acceptors (Lipinski definition) is 4. The van der Waals surface area contributed by atoms with E-state index in [1.54, 1.807) is 32.2 Å². The van der Waals surface area contributed by atoms with E-state index in [-0.39, 0.29) is 10.7 Å². The van der Waals surface area contributed by atoms with Crippen LogP contribution in [-0.4, -0.2) is 28.4 Å². The predicted molar refractivity (Wildman–Crippen MR) is 86.6 cm³/mol. The SMILES string of the molecule is Cc1n[nH]c(C)c1S(=O)(=O)Nc1cnn(Cc2cccc(F)c2)c1. The van der Waals surface area contributed by atoms with Gasteiger partial charge in [-0.05, 0) is 31.5 Å². The summed E-state index contributed by atoms with van der Waals surface area (Å²) in [5, 5.41) is 10.6. The first-order valence-corrected chi connectivity index (χ1v) is 8.65. The van der Waals surface area contributed by atoms with E-state index < -0.39 is 10.0 Å². The van der Waals surface area contributed by atoms with Gasteiger partial charge < -0.3 is 0 Å². The minimum Gasteiger partial charge on any atom is -0.281 e. The molecule has 0 unspecified atom stereocenters. The third-order valence-corrected chi connectivity index (χ3v) is 5.09. The maximum absolute atomic E-state index is 13.2. The molecule has 0 radical (unpaired) electrons. The number of aryl methyl sites for hydroxylation is 2. The number of halogens is 1. The lowest BCUT2D eigenvalue weighted by Gasteiger charge is -2.05. The molecular weight excluding hydrogens is 333 g/mol. The van der Waals surface area contributed by atoms with Crippen molar-refractivity contribution in [3.8, 4) is 0 Å². The first-order valence-electron chi connectivity index (χ1n) is 7.16. The summed E-state index contributed by atoms with van der Waals surface area (Å²) >= 11 is 0. The zero-order valence-electron chi connectivity index (χ0n) is 13.1. The first kappa shape index (κ1) is 16.2. The molecule has 24 heavy (non-hydrogen) atoms. The van der Waals surface area contributed by atoms with E-state index in [9.17, 15) is 12.8 Å². The average Bonchev–Trinajstić information content (AvgIpc) is 3.05. The van der Waals surface area contributed by atoms with Crippen LogP contribution >= 0.6 is 0 Å². The maximum Gasteiger partial charge on any atom is 0.265 e. The van der Waals surface area contributed by atoms with Crippen molar-refractivity contribution in [3.63, 3.8) is 0 Å². The van der Waals surface area contributed by atoms with Gasteiger partial charge in [0.05, 0.1) is 29.8 Å². The van der Waals surface area contributed by atoms with Gasteiger partial charge in [0.1, 0.15) is 10.7 Å². The number of aromatic nitrogens is 4. The summed E-state index contributed by atoms with van der Waals surface area (Å²) in [7, 11) is -3.75. The fourth-order valence-corrected chi connectivity index (χ4v) is 3.87. The summed E-state index contributed by atoms with van der Waals surface area (Å²) in [6, 6.07) is 6.15. The van der Waals surface area contributed by atoms with E-state index in [1.807, 2.05) is 0 Å². The van der Waals surface area contributed by atoms with Gasteiger partial charge in [0.15, 0.2) is 0 Å². The minimum atomic E-state index is -3.75. The Kier molecular flexibility index (Phi) is 4.10. The zero-order chi connectivity index (χ0) is 17.3. The van der Waals surface area contributed by atoms with Crippen LogP contribution in [0.4, 0.5) is 10.1 Å². The molecule has 0 fully saturated rings. The largest absolute Gasteiger partial charge is 0.281 e. The highest BCUT2D eigenvalue weighted by Gasteiger charge is 2.22. The van der Waals surface area contributed by atoms with Gasteiger partial charge in [0.25, 0.3) is 10.0 Å². The fourth-order valence-electron chi connectivity index (χ4n) is 2.47. The van der Waals surface area contributed by atoms with Crippen LogP contribution in [-0.2, 0) is 16.6 Å². The Morgan fingerprint density at radius 2 is 2.12 bits per heavy atom. The molecule has 0 aliphatic carbocycles. The molecule has 3 rings (SSSR count). The molecule has 7 nitrogen and oxygen atoms in total. The van der Waals surface area contributed by atoms with Crippen LogP contribution in [0, 0.1) is 19.7 Å². The Morgan fingerprint density at radius 1 is 1.33 bits per heavy atom. The Morgan fingerprint density at radius 3 is 2.79 bits per heavy atom. The lowest BCUT2D eigenvalue weighted by Crippen LogP contribution is -2.14. The summed E-state index contributed by atoms with van der Waals surface area (Å²) in [5.74, 6) is -0.327. The molecule has 0 spiro atoms. The van der Waals surface area contributed by atoms with Crippen LogP contribution in [0.2, 0.25) is 0 Å². The van der Waals surface area contributed by atoms with Crippen LogP contribution in [0.3, 0.4) is 0 Å². The highest BCUT2D eigenvalue weighted by Crippen LogP contribution is 2.20. The maximum atomic E-state index is 13.2. The summed E-state index contributed by atoms with van der Waals surface area (Å²) in [4.78, 5) is 0.125. The molecule has 2 N–H and O–H groups in total. The van der Waals surface area contributed by atoms with Crippen molar-refractivity contribution in [3.05, 3.63) is 59.4 Å². The predicted octanol–water partition coefficient (Wildman–Crippen LogP) is 2.21. The van der Waals surface area contributed by atoms with Gasteiger partial charge in [-0.3, -0.25) is 14.5 Å². The van der Waals surface area contributed by atoms with Gasteiger partial charge in [0.2, 0.25) is 0 Å². The monoisotopic (exact) mass is 349 g/mol. The van der Waals surface area contributed by atoms with Crippen molar-refractivity contribution in [1.29, 1.82) is 0 Å². The van der Waals surface area contributed by atoms with Crippen molar-refractivity contribution in [2.75, 3.05) is 4.72 Å². The van der Waals surface area contributed by atoms with E-state index in [4.69, 9.17) is 0 Å². The number of hydrogen-bond donors (Lipinski definition) is 2. The van der Waals surface area contributed by atoms with E-state index in [2.05, 4.69) is 20.0 Å². The first-order chi connectivity index (χ1) is 11.3. The van der Waals surface area contributed by atoms with Gasteiger partial charge in [-0.15, -0.1) is 0 Å². The second kappa shape index (κ2) is 6.08. The van der Waals surface area contributed by atoms with E-state index in [0.717, 1.165) is 5.56 Å². The highest BCUT2D eigenvalue weighted by molar-refractivity contribution is 7.92. The Hall–Kier alpha value is -2.68. The number of anilines is 1. The number of H-pyrrole nitrogens is 1. The second-order valence-electron chi connectivity index (χ2n) is 5.43. The molecule has 2 aromatic heterocycles. The molecular formula is C15H16FN5O2S. The third kappa shape index (κ3) is 3.30. The zero-order valence-corrected chi connectivity index (χ0v) is 13.9. The van der Waals surface area contributed by atoms with E-state index >= 15 is 0 Å². The second-order valence-corrected chi connectivity index (χ2v) is 7.04. The molecule has 0 bridgehead atoms. The van der Waals surface area contributed by atoms with Crippen molar-refractivity contribution in [2.45, 2.75) is 25.3 Å². The molecule has 126 valence electrons. The summed E-state index contributed by atoms with van der Waals surface area (Å²) < 4.78 is 42.1. The van der Waals surface area contributed by atoms with Crippen LogP contribution in [0.1, 0.15) is 17.0 Å².